The fourth-order valence-corrected chi connectivity index (χ4v) is 3.72. The molecule has 0 saturated heterocycles. The number of hydrogen-bond donors (Lipinski definition) is 3. The second kappa shape index (κ2) is 10.5. The van der Waals surface area contributed by atoms with Gasteiger partial charge >= 0.3 is 6.18 Å². The zero-order valence-corrected chi connectivity index (χ0v) is 18.8. The molecule has 2 aromatic carbocycles. The third kappa shape index (κ3) is 6.58. The summed E-state index contributed by atoms with van der Waals surface area (Å²) < 4.78 is 39.5. The topological polar surface area (TPSA) is 106 Å². The van der Waals surface area contributed by atoms with Gasteiger partial charge in [0.15, 0.2) is 0 Å². The van der Waals surface area contributed by atoms with E-state index in [0.717, 1.165) is 23.7 Å². The van der Waals surface area contributed by atoms with Crippen molar-refractivity contribution >= 4 is 40.9 Å². The van der Waals surface area contributed by atoms with Crippen LogP contribution in [0, 0.1) is 0 Å². The first-order valence-electron chi connectivity index (χ1n) is 10.1. The van der Waals surface area contributed by atoms with Gasteiger partial charge in [-0.3, -0.25) is 4.79 Å². The molecule has 3 aromatic rings. The van der Waals surface area contributed by atoms with Gasteiger partial charge in [-0.15, -0.1) is 11.8 Å². The smallest absolute Gasteiger partial charge is 0.368 e. The second-order valence-corrected chi connectivity index (χ2v) is 8.38. The molecule has 0 bridgehead atoms. The van der Waals surface area contributed by atoms with Crippen LogP contribution in [0.15, 0.2) is 48.5 Å². The highest BCUT2D eigenvalue weighted by Gasteiger charge is 2.33. The van der Waals surface area contributed by atoms with Crippen LogP contribution in [-0.4, -0.2) is 26.1 Å². The Labute approximate surface area is 193 Å². The van der Waals surface area contributed by atoms with Crippen LogP contribution in [0.5, 0.6) is 0 Å². The molecule has 0 radical (unpaired) electrons. The average Bonchev–Trinajstić information content (AvgIpc) is 2.77. The highest BCUT2D eigenvalue weighted by molar-refractivity contribution is 7.99. The summed E-state index contributed by atoms with van der Waals surface area (Å²) in [6.07, 6.45) is -3.75. The number of rotatable bonds is 8. The third-order valence-electron chi connectivity index (χ3n) is 4.67. The fourth-order valence-electron chi connectivity index (χ4n) is 2.98. The van der Waals surface area contributed by atoms with E-state index in [1.165, 1.54) is 30.0 Å². The number of aryl methyl sites for hydroxylation is 1. The van der Waals surface area contributed by atoms with Crippen molar-refractivity contribution in [3.05, 3.63) is 65.5 Å². The number of aromatic nitrogens is 3. The minimum absolute atomic E-state index is 0.0216. The van der Waals surface area contributed by atoms with Gasteiger partial charge in [-0.05, 0) is 37.1 Å². The molecule has 0 unspecified atom stereocenters. The van der Waals surface area contributed by atoms with E-state index in [4.69, 9.17) is 5.73 Å². The average molecular weight is 477 g/mol. The lowest BCUT2D eigenvalue weighted by atomic mass is 10.1. The first kappa shape index (κ1) is 24.3. The molecule has 0 spiro atoms. The van der Waals surface area contributed by atoms with Gasteiger partial charge in [0.1, 0.15) is 5.82 Å². The highest BCUT2D eigenvalue weighted by Crippen LogP contribution is 2.35. The van der Waals surface area contributed by atoms with E-state index in [1.807, 2.05) is 31.2 Å². The molecule has 0 aliphatic heterocycles. The SMILES string of the molecule is CCc1ccccc1Nc1nc(N)nc(CS[C@@H](C)C(=O)Nc2ccccc2C(F)(F)F)n1. The number of alkyl halides is 3. The van der Waals surface area contributed by atoms with Crippen LogP contribution >= 0.6 is 11.8 Å². The van der Waals surface area contributed by atoms with Gasteiger partial charge in [-0.25, -0.2) is 0 Å². The number of thioether (sulfide) groups is 1. The minimum atomic E-state index is -4.57. The summed E-state index contributed by atoms with van der Waals surface area (Å²) in [4.78, 5) is 25.0. The molecule has 11 heteroatoms. The molecule has 1 amide bonds. The lowest BCUT2D eigenvalue weighted by Crippen LogP contribution is -2.24. The van der Waals surface area contributed by atoms with E-state index in [-0.39, 0.29) is 23.3 Å². The summed E-state index contributed by atoms with van der Waals surface area (Å²) in [5.74, 6) is 0.295. The van der Waals surface area contributed by atoms with Crippen LogP contribution in [0.1, 0.15) is 30.8 Å². The van der Waals surface area contributed by atoms with Crippen LogP contribution in [0.2, 0.25) is 0 Å². The van der Waals surface area contributed by atoms with Gasteiger partial charge < -0.3 is 16.4 Å². The fraction of sp³-hybridized carbons (Fsp3) is 0.273. The lowest BCUT2D eigenvalue weighted by molar-refractivity contribution is -0.137. The molecule has 33 heavy (non-hydrogen) atoms. The maximum Gasteiger partial charge on any atom is 0.418 e. The molecule has 1 atom stereocenters. The Bertz CT molecular complexity index is 1130. The van der Waals surface area contributed by atoms with Crippen molar-refractivity contribution in [1.82, 2.24) is 15.0 Å². The van der Waals surface area contributed by atoms with Crippen molar-refractivity contribution in [2.75, 3.05) is 16.4 Å². The number of nitrogens with two attached hydrogens (primary N) is 1. The van der Waals surface area contributed by atoms with Crippen LogP contribution in [0.4, 0.5) is 36.4 Å². The number of nitrogen functional groups attached to an aromatic ring is 1. The Hall–Kier alpha value is -3.34. The molecule has 7 nitrogen and oxygen atoms in total. The molecule has 4 N–H and O–H groups in total. The lowest BCUT2D eigenvalue weighted by Gasteiger charge is -2.16. The molecule has 0 saturated carbocycles. The maximum absolute atomic E-state index is 13.2. The Morgan fingerprint density at radius 3 is 2.42 bits per heavy atom. The zero-order valence-electron chi connectivity index (χ0n) is 18.0. The van der Waals surface area contributed by atoms with Crippen LogP contribution < -0.4 is 16.4 Å². The van der Waals surface area contributed by atoms with Crippen molar-refractivity contribution in [3.8, 4) is 0 Å². The van der Waals surface area contributed by atoms with E-state index in [9.17, 15) is 18.0 Å². The van der Waals surface area contributed by atoms with Gasteiger partial charge in [0.2, 0.25) is 17.8 Å². The number of anilines is 4. The number of carbonyl (C=O) groups excluding carboxylic acids is 1. The van der Waals surface area contributed by atoms with Crippen molar-refractivity contribution in [2.45, 2.75) is 37.4 Å². The number of hydrogen-bond acceptors (Lipinski definition) is 7. The zero-order chi connectivity index (χ0) is 24.0. The van der Waals surface area contributed by atoms with E-state index < -0.39 is 22.9 Å². The molecular weight excluding hydrogens is 453 g/mol. The number of benzene rings is 2. The molecule has 3 rings (SSSR count). The molecule has 1 aromatic heterocycles. The maximum atomic E-state index is 13.2. The van der Waals surface area contributed by atoms with Crippen LogP contribution in [-0.2, 0) is 23.1 Å². The first-order chi connectivity index (χ1) is 15.7. The number of carbonyl (C=O) groups is 1. The molecule has 0 aliphatic carbocycles. The second-order valence-electron chi connectivity index (χ2n) is 7.05. The van der Waals surface area contributed by atoms with Crippen LogP contribution in [0.25, 0.3) is 0 Å². The Morgan fingerprint density at radius 2 is 1.73 bits per heavy atom. The summed E-state index contributed by atoms with van der Waals surface area (Å²) >= 11 is 1.17. The van der Waals surface area contributed by atoms with Crippen LogP contribution in [0.3, 0.4) is 0 Å². The van der Waals surface area contributed by atoms with Gasteiger partial charge in [-0.2, -0.15) is 28.1 Å². The summed E-state index contributed by atoms with van der Waals surface area (Å²) in [5.41, 5.74) is 6.56. The standard InChI is InChI=1S/C22H23F3N6OS/c1-3-14-8-4-6-10-16(14)28-21-30-18(29-20(26)31-21)12-33-13(2)19(32)27-17-11-7-5-9-15(17)22(23,24)25/h4-11,13H,3,12H2,1-2H3,(H,27,32)(H3,26,28,29,30,31)/t13-/m0/s1. The van der Waals surface area contributed by atoms with E-state index in [0.29, 0.717) is 5.82 Å². The first-order valence-corrected chi connectivity index (χ1v) is 11.2. The van der Waals surface area contributed by atoms with Gasteiger partial charge in [-0.1, -0.05) is 37.3 Å². The number of nitrogens with one attached hydrogen (secondary N) is 2. The number of halogens is 3. The third-order valence-corrected chi connectivity index (χ3v) is 5.80. The quantitative estimate of drug-likeness (QED) is 0.418. The number of nitrogens with zero attached hydrogens (tertiary/aromatic N) is 3. The largest absolute Gasteiger partial charge is 0.418 e. The van der Waals surface area contributed by atoms with Gasteiger partial charge in [0.25, 0.3) is 0 Å². The molecule has 1 heterocycles. The Kier molecular flexibility index (Phi) is 7.75. The van der Waals surface area contributed by atoms with Crippen molar-refractivity contribution < 1.29 is 18.0 Å². The summed E-state index contributed by atoms with van der Waals surface area (Å²) in [6.45, 7) is 3.63. The number of para-hydroxylation sites is 2. The molecular formula is C22H23F3N6OS. The van der Waals surface area contributed by atoms with E-state index in [2.05, 4.69) is 25.6 Å². The van der Waals surface area contributed by atoms with Crippen molar-refractivity contribution in [3.63, 3.8) is 0 Å². The Balaban J connectivity index is 1.66. The highest BCUT2D eigenvalue weighted by atomic mass is 32.2. The summed E-state index contributed by atoms with van der Waals surface area (Å²) in [5, 5.41) is 4.82. The Morgan fingerprint density at radius 1 is 1.06 bits per heavy atom. The van der Waals surface area contributed by atoms with Crippen molar-refractivity contribution in [1.29, 1.82) is 0 Å². The van der Waals surface area contributed by atoms with Gasteiger partial charge in [0, 0.05) is 5.69 Å². The molecule has 0 aliphatic rings. The predicted molar refractivity (Wildman–Crippen MR) is 124 cm³/mol. The molecule has 174 valence electrons. The number of amides is 1. The van der Waals surface area contributed by atoms with Crippen molar-refractivity contribution in [2.24, 2.45) is 0 Å². The van der Waals surface area contributed by atoms with E-state index in [1.54, 1.807) is 6.92 Å². The monoisotopic (exact) mass is 476 g/mol. The predicted octanol–water partition coefficient (Wildman–Crippen LogP) is 5.04. The van der Waals surface area contributed by atoms with E-state index >= 15 is 0 Å². The summed E-state index contributed by atoms with van der Waals surface area (Å²) in [7, 11) is 0. The minimum Gasteiger partial charge on any atom is -0.368 e. The summed E-state index contributed by atoms with van der Waals surface area (Å²) in [6, 6.07) is 12.6. The van der Waals surface area contributed by atoms with Gasteiger partial charge in [0.05, 0.1) is 22.3 Å². The molecule has 0 fully saturated rings. The normalized spacial score (nSPS) is 12.3.